The second kappa shape index (κ2) is 11.3. The molecule has 0 atom stereocenters. The summed E-state index contributed by atoms with van der Waals surface area (Å²) in [6, 6.07) is 31.3. The molecule has 2 heterocycles. The van der Waals surface area contributed by atoms with Crippen LogP contribution in [-0.2, 0) is 20.0 Å². The Morgan fingerprint density at radius 1 is 0.581 bits per heavy atom. The zero-order valence-electron chi connectivity index (χ0n) is 23.6. The molecule has 0 aliphatic rings. The lowest BCUT2D eigenvalue weighted by Gasteiger charge is -2.10. The first-order chi connectivity index (χ1) is 20.5. The maximum Gasteiger partial charge on any atom is 0.268 e. The normalized spacial score (nSPS) is 11.5. The summed E-state index contributed by atoms with van der Waals surface area (Å²) in [6.07, 6.45) is 1.52. The smallest absolute Gasteiger partial charge is 0.241 e. The minimum Gasteiger partial charge on any atom is -0.241 e. The van der Waals surface area contributed by atoms with E-state index in [1.165, 1.54) is 14.1 Å². The molecule has 0 unspecified atom stereocenters. The summed E-state index contributed by atoms with van der Waals surface area (Å²) >= 11 is 0. The van der Waals surface area contributed by atoms with Gasteiger partial charge in [-0.3, -0.25) is 0 Å². The molecule has 0 fully saturated rings. The fourth-order valence-corrected chi connectivity index (χ4v) is 7.84. The number of nitrogens with zero attached hydrogens (tertiary/aromatic N) is 4. The number of aromatic nitrogens is 2. The van der Waals surface area contributed by atoms with Crippen molar-refractivity contribution in [1.82, 2.24) is 7.94 Å². The van der Waals surface area contributed by atoms with Gasteiger partial charge in [0.1, 0.15) is 0 Å². The van der Waals surface area contributed by atoms with Crippen LogP contribution in [0, 0.1) is 43.4 Å². The van der Waals surface area contributed by atoms with Gasteiger partial charge in [0.15, 0.2) is 0 Å². The SMILES string of the molecule is Cc1cc2c(cc1C#N)cc(C)n2S(=O)(=O)c1ccccc1.Cc1cc2c(ccn2S(=O)(=O)c2ccccc2)cc1C#N. The van der Waals surface area contributed by atoms with E-state index in [9.17, 15) is 16.8 Å². The Labute approximate surface area is 250 Å². The van der Waals surface area contributed by atoms with Crippen LogP contribution in [0.4, 0.5) is 0 Å². The Hall–Kier alpha value is -5.16. The van der Waals surface area contributed by atoms with Crippen LogP contribution in [0.25, 0.3) is 21.8 Å². The fraction of sp³-hybridized carbons (Fsp3) is 0.0909. The molecule has 0 radical (unpaired) electrons. The first-order valence-electron chi connectivity index (χ1n) is 13.1. The lowest BCUT2D eigenvalue weighted by Crippen LogP contribution is -2.14. The van der Waals surface area contributed by atoms with Crippen LogP contribution in [0.5, 0.6) is 0 Å². The fourth-order valence-electron chi connectivity index (χ4n) is 4.91. The average Bonchev–Trinajstić information content (AvgIpc) is 3.57. The molecule has 4 aromatic carbocycles. The molecule has 0 N–H and O–H groups in total. The van der Waals surface area contributed by atoms with Crippen molar-refractivity contribution in [3.8, 4) is 12.1 Å². The average molecular weight is 607 g/mol. The maximum absolute atomic E-state index is 12.9. The molecule has 0 spiro atoms. The molecule has 0 amide bonds. The summed E-state index contributed by atoms with van der Waals surface area (Å²) in [5, 5.41) is 19.6. The molecule has 2 aromatic heterocycles. The van der Waals surface area contributed by atoms with Crippen LogP contribution in [0.1, 0.15) is 27.9 Å². The zero-order chi connectivity index (χ0) is 30.9. The molecule has 8 nitrogen and oxygen atoms in total. The van der Waals surface area contributed by atoms with Crippen molar-refractivity contribution in [3.63, 3.8) is 0 Å². The molecule has 0 saturated carbocycles. The van der Waals surface area contributed by atoms with Crippen molar-refractivity contribution in [3.05, 3.63) is 131 Å². The van der Waals surface area contributed by atoms with E-state index < -0.39 is 20.0 Å². The van der Waals surface area contributed by atoms with Gasteiger partial charge in [0.05, 0.1) is 44.1 Å². The quantitative estimate of drug-likeness (QED) is 0.228. The minimum absolute atomic E-state index is 0.240. The van der Waals surface area contributed by atoms with Crippen LogP contribution in [0.3, 0.4) is 0 Å². The highest BCUT2D eigenvalue weighted by Crippen LogP contribution is 2.28. The van der Waals surface area contributed by atoms with E-state index in [1.54, 1.807) is 118 Å². The third kappa shape index (κ3) is 5.30. The number of nitriles is 2. The van der Waals surface area contributed by atoms with Gasteiger partial charge < -0.3 is 0 Å². The highest BCUT2D eigenvalue weighted by atomic mass is 32.2. The second-order valence-electron chi connectivity index (χ2n) is 9.97. The van der Waals surface area contributed by atoms with E-state index in [0.717, 1.165) is 21.9 Å². The lowest BCUT2D eigenvalue weighted by atomic mass is 10.1. The van der Waals surface area contributed by atoms with Crippen molar-refractivity contribution in [1.29, 1.82) is 10.5 Å². The first kappa shape index (κ1) is 29.3. The third-order valence-electron chi connectivity index (χ3n) is 7.10. The molecule has 0 saturated heterocycles. The summed E-state index contributed by atoms with van der Waals surface area (Å²) < 4.78 is 53.7. The third-order valence-corrected chi connectivity index (χ3v) is 10.6. The Balaban J connectivity index is 0.000000171. The summed E-state index contributed by atoms with van der Waals surface area (Å²) in [6.45, 7) is 5.35. The van der Waals surface area contributed by atoms with E-state index >= 15 is 0 Å². The van der Waals surface area contributed by atoms with Crippen LogP contribution in [0.2, 0.25) is 0 Å². The summed E-state index contributed by atoms with van der Waals surface area (Å²) in [7, 11) is -7.28. The number of benzene rings is 4. The molecule has 214 valence electrons. The molecule has 10 heteroatoms. The molecule has 0 bridgehead atoms. The Morgan fingerprint density at radius 3 is 1.60 bits per heavy atom. The Morgan fingerprint density at radius 2 is 1.07 bits per heavy atom. The summed E-state index contributed by atoms with van der Waals surface area (Å²) in [5.41, 5.74) is 4.42. The molecule has 0 aliphatic carbocycles. The van der Waals surface area contributed by atoms with Crippen molar-refractivity contribution in [2.45, 2.75) is 30.6 Å². The van der Waals surface area contributed by atoms with Gasteiger partial charge in [0.2, 0.25) is 0 Å². The number of rotatable bonds is 4. The van der Waals surface area contributed by atoms with Gasteiger partial charge in [-0.05, 0) is 92.6 Å². The predicted octanol–water partition coefficient (Wildman–Crippen LogP) is 6.43. The molecular formula is C33H26N4O4S2. The van der Waals surface area contributed by atoms with Crippen LogP contribution in [0.15, 0.2) is 113 Å². The van der Waals surface area contributed by atoms with Gasteiger partial charge >= 0.3 is 0 Å². The standard InChI is InChI=1S/C17H14N2O2S.C16H12N2O2S/c1-12-8-17-14(10-15(12)11-18)9-13(2)19(17)22(20,21)16-6-4-3-5-7-16;1-12-9-16-13(10-14(12)11-17)7-8-18(16)21(19,20)15-5-3-2-4-6-15/h3-10H,1-2H3;2-10H,1H3. The van der Waals surface area contributed by atoms with Gasteiger partial charge in [-0.2, -0.15) is 10.5 Å². The van der Waals surface area contributed by atoms with E-state index in [1.807, 2.05) is 0 Å². The van der Waals surface area contributed by atoms with Crippen molar-refractivity contribution in [2.24, 2.45) is 0 Å². The van der Waals surface area contributed by atoms with Gasteiger partial charge in [-0.15, -0.1) is 0 Å². The van der Waals surface area contributed by atoms with Gasteiger partial charge in [-0.25, -0.2) is 24.8 Å². The Kier molecular flexibility index (Phi) is 7.68. The van der Waals surface area contributed by atoms with Crippen molar-refractivity contribution in [2.75, 3.05) is 0 Å². The molecule has 6 aromatic rings. The van der Waals surface area contributed by atoms with Gasteiger partial charge in [0, 0.05) is 22.7 Å². The van der Waals surface area contributed by atoms with E-state index in [4.69, 9.17) is 10.5 Å². The zero-order valence-corrected chi connectivity index (χ0v) is 25.2. The highest BCUT2D eigenvalue weighted by Gasteiger charge is 2.22. The monoisotopic (exact) mass is 606 g/mol. The topological polar surface area (TPSA) is 126 Å². The van der Waals surface area contributed by atoms with Crippen molar-refractivity contribution < 1.29 is 16.8 Å². The first-order valence-corrected chi connectivity index (χ1v) is 16.0. The summed E-state index contributed by atoms with van der Waals surface area (Å²) in [4.78, 5) is 0.488. The lowest BCUT2D eigenvalue weighted by molar-refractivity contribution is 0.586. The van der Waals surface area contributed by atoms with Gasteiger partial charge in [-0.1, -0.05) is 36.4 Å². The van der Waals surface area contributed by atoms with E-state index in [2.05, 4.69) is 12.1 Å². The predicted molar refractivity (Wildman–Crippen MR) is 166 cm³/mol. The number of aryl methyl sites for hydroxylation is 3. The van der Waals surface area contributed by atoms with Crippen LogP contribution in [-0.4, -0.2) is 24.8 Å². The molecule has 6 rings (SSSR count). The summed E-state index contributed by atoms with van der Waals surface area (Å²) in [5.74, 6) is 0. The number of hydrogen-bond acceptors (Lipinski definition) is 6. The van der Waals surface area contributed by atoms with E-state index in [0.29, 0.717) is 27.9 Å². The largest absolute Gasteiger partial charge is 0.268 e. The van der Waals surface area contributed by atoms with Crippen molar-refractivity contribution >= 4 is 41.9 Å². The van der Waals surface area contributed by atoms with E-state index in [-0.39, 0.29) is 9.79 Å². The van der Waals surface area contributed by atoms with Crippen LogP contribution >= 0.6 is 0 Å². The number of hydrogen-bond donors (Lipinski definition) is 0. The molecule has 43 heavy (non-hydrogen) atoms. The molecule has 0 aliphatic heterocycles. The number of fused-ring (bicyclic) bond motifs is 2. The highest BCUT2D eigenvalue weighted by molar-refractivity contribution is 7.90. The Bertz CT molecular complexity index is 2310. The maximum atomic E-state index is 12.9. The van der Waals surface area contributed by atoms with Crippen LogP contribution < -0.4 is 0 Å². The second-order valence-corrected chi connectivity index (χ2v) is 13.6. The minimum atomic E-state index is -3.66. The van der Waals surface area contributed by atoms with Gasteiger partial charge in [0.25, 0.3) is 20.0 Å². The molecular weight excluding hydrogens is 581 g/mol.